The molecule has 1 amide bonds. The predicted molar refractivity (Wildman–Crippen MR) is 133 cm³/mol. The van der Waals surface area contributed by atoms with Crippen molar-refractivity contribution >= 4 is 16.9 Å². The number of hydrogen-bond donors (Lipinski definition) is 3. The minimum absolute atomic E-state index is 0.0958. The molecule has 1 aliphatic carbocycles. The summed E-state index contributed by atoms with van der Waals surface area (Å²) in [6.07, 6.45) is 5.17. The number of para-hydroxylation sites is 2. The molecule has 4 aromatic rings. The van der Waals surface area contributed by atoms with Crippen LogP contribution in [0.5, 0.6) is 0 Å². The zero-order chi connectivity index (χ0) is 23.3. The van der Waals surface area contributed by atoms with Crippen molar-refractivity contribution in [2.24, 2.45) is 5.73 Å². The van der Waals surface area contributed by atoms with E-state index in [0.717, 1.165) is 48.2 Å². The van der Waals surface area contributed by atoms with E-state index < -0.39 is 0 Å². The Labute approximate surface area is 199 Å². The zero-order valence-corrected chi connectivity index (χ0v) is 19.2. The van der Waals surface area contributed by atoms with Gasteiger partial charge < -0.3 is 16.0 Å². The molecule has 1 aliphatic rings. The molecule has 0 spiro atoms. The molecule has 7 heteroatoms. The lowest BCUT2D eigenvalue weighted by Crippen LogP contribution is -2.32. The summed E-state index contributed by atoms with van der Waals surface area (Å²) in [5.41, 5.74) is 11.8. The van der Waals surface area contributed by atoms with E-state index in [-0.39, 0.29) is 11.9 Å². The van der Waals surface area contributed by atoms with Crippen molar-refractivity contribution in [1.29, 1.82) is 0 Å². The fourth-order valence-corrected chi connectivity index (χ4v) is 4.77. The van der Waals surface area contributed by atoms with Gasteiger partial charge in [-0.1, -0.05) is 30.3 Å². The second-order valence-electron chi connectivity index (χ2n) is 8.80. The van der Waals surface area contributed by atoms with Crippen LogP contribution >= 0.6 is 0 Å². The molecule has 0 fully saturated rings. The van der Waals surface area contributed by atoms with Crippen LogP contribution in [0.1, 0.15) is 51.9 Å². The first-order valence-corrected chi connectivity index (χ1v) is 11.9. The lowest BCUT2D eigenvalue weighted by molar-refractivity contribution is 0.0954. The Morgan fingerprint density at radius 1 is 1.09 bits per heavy atom. The third kappa shape index (κ3) is 4.85. The quantitative estimate of drug-likeness (QED) is 0.377. The van der Waals surface area contributed by atoms with Crippen molar-refractivity contribution in [2.45, 2.75) is 38.4 Å². The second-order valence-corrected chi connectivity index (χ2v) is 8.80. The Bertz CT molecular complexity index is 1230. The third-order valence-corrected chi connectivity index (χ3v) is 6.43. The number of aromatic nitrogens is 3. The summed E-state index contributed by atoms with van der Waals surface area (Å²) in [7, 11) is 0. The van der Waals surface area contributed by atoms with E-state index in [9.17, 15) is 4.79 Å². The van der Waals surface area contributed by atoms with Gasteiger partial charge in [0.05, 0.1) is 29.3 Å². The maximum atomic E-state index is 12.3. The molecule has 34 heavy (non-hydrogen) atoms. The Morgan fingerprint density at radius 2 is 1.94 bits per heavy atom. The van der Waals surface area contributed by atoms with Crippen molar-refractivity contribution in [1.82, 2.24) is 25.2 Å². The number of H-pyrrole nitrogens is 1. The van der Waals surface area contributed by atoms with Gasteiger partial charge in [0.1, 0.15) is 5.82 Å². The maximum absolute atomic E-state index is 12.3. The van der Waals surface area contributed by atoms with Crippen molar-refractivity contribution in [3.05, 3.63) is 95.1 Å². The summed E-state index contributed by atoms with van der Waals surface area (Å²) in [6, 6.07) is 20.4. The molecule has 174 valence electrons. The monoisotopic (exact) mass is 454 g/mol. The largest absolute Gasteiger partial charge is 0.351 e. The van der Waals surface area contributed by atoms with E-state index in [0.29, 0.717) is 25.2 Å². The van der Waals surface area contributed by atoms with Gasteiger partial charge in [0.2, 0.25) is 0 Å². The number of carbonyl (C=O) groups is 1. The molecular weight excluding hydrogens is 424 g/mol. The van der Waals surface area contributed by atoms with Crippen LogP contribution in [-0.2, 0) is 19.5 Å². The predicted octanol–water partition coefficient (Wildman–Crippen LogP) is 3.73. The van der Waals surface area contributed by atoms with Gasteiger partial charge in [-0.15, -0.1) is 0 Å². The molecule has 0 saturated carbocycles. The normalized spacial score (nSPS) is 15.4. The number of nitrogens with one attached hydrogen (secondary N) is 2. The first-order chi connectivity index (χ1) is 16.7. The SMILES string of the molecule is NCCNC(=O)c1ccc(CN(Cc2nc3ccccc3[nH]2)C2CCCc3cccnc32)cc1. The van der Waals surface area contributed by atoms with Gasteiger partial charge in [0.25, 0.3) is 5.91 Å². The number of imidazole rings is 1. The summed E-state index contributed by atoms with van der Waals surface area (Å²) >= 11 is 0. The lowest BCUT2D eigenvalue weighted by Gasteiger charge is -2.34. The molecular formula is C27H30N6O. The van der Waals surface area contributed by atoms with Gasteiger partial charge in [-0.2, -0.15) is 0 Å². The van der Waals surface area contributed by atoms with Gasteiger partial charge in [0, 0.05) is 31.4 Å². The summed E-state index contributed by atoms with van der Waals surface area (Å²) in [5, 5.41) is 2.82. The molecule has 7 nitrogen and oxygen atoms in total. The van der Waals surface area contributed by atoms with Gasteiger partial charge in [0.15, 0.2) is 0 Å². The molecule has 0 bridgehead atoms. The fraction of sp³-hybridized carbons (Fsp3) is 0.296. The summed E-state index contributed by atoms with van der Waals surface area (Å²) < 4.78 is 0. The topological polar surface area (TPSA) is 99.9 Å². The lowest BCUT2D eigenvalue weighted by atomic mass is 9.90. The van der Waals surface area contributed by atoms with Crippen LogP contribution in [0.4, 0.5) is 0 Å². The Balaban J connectivity index is 1.42. The molecule has 5 rings (SSSR count). The highest BCUT2D eigenvalue weighted by atomic mass is 16.1. The molecule has 1 unspecified atom stereocenters. The number of nitrogens with zero attached hydrogens (tertiary/aromatic N) is 3. The van der Waals surface area contributed by atoms with Crippen LogP contribution in [0, 0.1) is 0 Å². The van der Waals surface area contributed by atoms with E-state index in [1.165, 1.54) is 11.3 Å². The summed E-state index contributed by atoms with van der Waals surface area (Å²) in [5.74, 6) is 0.851. The number of aromatic amines is 1. The smallest absolute Gasteiger partial charge is 0.251 e. The number of carbonyl (C=O) groups excluding carboxylic acids is 1. The van der Waals surface area contributed by atoms with Crippen LogP contribution in [0.3, 0.4) is 0 Å². The maximum Gasteiger partial charge on any atom is 0.251 e. The standard InChI is InChI=1S/C27H30N6O/c28-14-16-30-27(34)21-12-10-19(11-13-21)17-33(18-25-31-22-7-1-2-8-23(22)32-25)24-9-3-5-20-6-4-15-29-26(20)24/h1-2,4,6-8,10-13,15,24H,3,5,9,14,16-18,28H2,(H,30,34)(H,31,32). The van der Waals surface area contributed by atoms with Crippen molar-refractivity contribution in [3.8, 4) is 0 Å². The Kier molecular flexibility index (Phi) is 6.65. The molecule has 2 aromatic heterocycles. The highest BCUT2D eigenvalue weighted by molar-refractivity contribution is 5.94. The average Bonchev–Trinajstić information content (AvgIpc) is 3.29. The van der Waals surface area contributed by atoms with E-state index in [1.54, 1.807) is 0 Å². The number of benzene rings is 2. The van der Waals surface area contributed by atoms with Crippen molar-refractivity contribution in [2.75, 3.05) is 13.1 Å². The van der Waals surface area contributed by atoms with Gasteiger partial charge >= 0.3 is 0 Å². The van der Waals surface area contributed by atoms with Gasteiger partial charge in [-0.05, 0) is 60.7 Å². The van der Waals surface area contributed by atoms with Crippen LogP contribution < -0.4 is 11.1 Å². The second kappa shape index (κ2) is 10.2. The first-order valence-electron chi connectivity index (χ1n) is 11.9. The number of hydrogen-bond acceptors (Lipinski definition) is 5. The molecule has 4 N–H and O–H groups in total. The number of pyridine rings is 1. The third-order valence-electron chi connectivity index (χ3n) is 6.43. The van der Waals surface area contributed by atoms with E-state index in [1.807, 2.05) is 54.7 Å². The van der Waals surface area contributed by atoms with E-state index in [4.69, 9.17) is 15.7 Å². The summed E-state index contributed by atoms with van der Waals surface area (Å²) in [6.45, 7) is 2.33. The fourth-order valence-electron chi connectivity index (χ4n) is 4.77. The molecule has 2 aromatic carbocycles. The minimum atomic E-state index is -0.0958. The van der Waals surface area contributed by atoms with Gasteiger partial charge in [-0.25, -0.2) is 4.98 Å². The van der Waals surface area contributed by atoms with Crippen LogP contribution in [0.2, 0.25) is 0 Å². The zero-order valence-electron chi connectivity index (χ0n) is 19.2. The number of amides is 1. The molecule has 0 saturated heterocycles. The number of fused-ring (bicyclic) bond motifs is 2. The average molecular weight is 455 g/mol. The molecule has 1 atom stereocenters. The van der Waals surface area contributed by atoms with Crippen LogP contribution in [-0.4, -0.2) is 38.8 Å². The van der Waals surface area contributed by atoms with Crippen LogP contribution in [0.25, 0.3) is 11.0 Å². The molecule has 2 heterocycles. The molecule has 0 aliphatic heterocycles. The van der Waals surface area contributed by atoms with E-state index >= 15 is 0 Å². The minimum Gasteiger partial charge on any atom is -0.351 e. The Morgan fingerprint density at radius 3 is 2.76 bits per heavy atom. The highest BCUT2D eigenvalue weighted by Gasteiger charge is 2.28. The first kappa shape index (κ1) is 22.3. The highest BCUT2D eigenvalue weighted by Crippen LogP contribution is 2.34. The van der Waals surface area contributed by atoms with Gasteiger partial charge in [-0.3, -0.25) is 14.7 Å². The Hall–Kier alpha value is -3.55. The summed E-state index contributed by atoms with van der Waals surface area (Å²) in [4.78, 5) is 27.8. The van der Waals surface area contributed by atoms with E-state index in [2.05, 4.69) is 27.3 Å². The molecule has 0 radical (unpaired) electrons. The number of aryl methyl sites for hydroxylation is 1. The van der Waals surface area contributed by atoms with Crippen LogP contribution in [0.15, 0.2) is 66.9 Å². The van der Waals surface area contributed by atoms with Crippen molar-refractivity contribution in [3.63, 3.8) is 0 Å². The van der Waals surface area contributed by atoms with Crippen molar-refractivity contribution < 1.29 is 4.79 Å². The number of nitrogens with two attached hydrogens (primary N) is 1. The number of rotatable bonds is 8.